The monoisotopic (exact) mass is 279 g/mol. The number of benzene rings is 2. The number of carbonyl (C=O) groups excluding carboxylic acids is 1. The van der Waals surface area contributed by atoms with Crippen LogP contribution >= 0.6 is 0 Å². The first-order valence-electron chi connectivity index (χ1n) is 7.61. The molecular weight excluding hydrogens is 258 g/mol. The highest BCUT2D eigenvalue weighted by atomic mass is 16.2. The second kappa shape index (κ2) is 5.72. The van der Waals surface area contributed by atoms with E-state index in [9.17, 15) is 4.79 Å². The van der Waals surface area contributed by atoms with Gasteiger partial charge < -0.3 is 4.90 Å². The summed E-state index contributed by atoms with van der Waals surface area (Å²) in [5.41, 5.74) is 4.67. The lowest BCUT2D eigenvalue weighted by Crippen LogP contribution is -2.35. The van der Waals surface area contributed by atoms with E-state index in [2.05, 4.69) is 38.1 Å². The Balaban J connectivity index is 1.82. The molecule has 0 saturated heterocycles. The van der Waals surface area contributed by atoms with Gasteiger partial charge in [0.25, 0.3) is 5.91 Å². The molecule has 1 heterocycles. The summed E-state index contributed by atoms with van der Waals surface area (Å²) in [5.74, 6) is 0.590. The average Bonchev–Trinajstić information content (AvgIpc) is 2.53. The fourth-order valence-electron chi connectivity index (χ4n) is 2.88. The van der Waals surface area contributed by atoms with Crippen molar-refractivity contribution in [2.75, 3.05) is 6.54 Å². The molecule has 3 rings (SSSR count). The first-order chi connectivity index (χ1) is 10.1. The van der Waals surface area contributed by atoms with E-state index >= 15 is 0 Å². The van der Waals surface area contributed by atoms with Gasteiger partial charge in [-0.1, -0.05) is 50.2 Å². The Morgan fingerprint density at radius 2 is 1.81 bits per heavy atom. The van der Waals surface area contributed by atoms with E-state index < -0.39 is 0 Å². The Morgan fingerprint density at radius 1 is 1.05 bits per heavy atom. The van der Waals surface area contributed by atoms with Crippen LogP contribution in [0.5, 0.6) is 0 Å². The summed E-state index contributed by atoms with van der Waals surface area (Å²) in [6.45, 7) is 5.84. The lowest BCUT2D eigenvalue weighted by molar-refractivity contribution is 0.0734. The number of amides is 1. The number of hydrogen-bond donors (Lipinski definition) is 0. The number of rotatable bonds is 2. The van der Waals surface area contributed by atoms with Crippen LogP contribution in [0.25, 0.3) is 0 Å². The van der Waals surface area contributed by atoms with E-state index in [1.807, 2.05) is 29.2 Å². The molecule has 0 atom stereocenters. The predicted molar refractivity (Wildman–Crippen MR) is 85.4 cm³/mol. The smallest absolute Gasteiger partial charge is 0.254 e. The molecule has 0 bridgehead atoms. The van der Waals surface area contributed by atoms with Crippen LogP contribution in [0.15, 0.2) is 48.5 Å². The van der Waals surface area contributed by atoms with E-state index in [0.29, 0.717) is 5.92 Å². The third kappa shape index (κ3) is 2.85. The van der Waals surface area contributed by atoms with Crippen LogP contribution in [-0.4, -0.2) is 17.4 Å². The number of nitrogens with zero attached hydrogens (tertiary/aromatic N) is 1. The van der Waals surface area contributed by atoms with Crippen molar-refractivity contribution in [3.05, 3.63) is 70.8 Å². The quantitative estimate of drug-likeness (QED) is 0.813. The zero-order valence-corrected chi connectivity index (χ0v) is 12.7. The summed E-state index contributed by atoms with van der Waals surface area (Å²) >= 11 is 0. The van der Waals surface area contributed by atoms with Gasteiger partial charge in [-0.15, -0.1) is 0 Å². The Bertz CT molecular complexity index is 660. The van der Waals surface area contributed by atoms with Gasteiger partial charge in [0.05, 0.1) is 0 Å². The maximum absolute atomic E-state index is 12.7. The van der Waals surface area contributed by atoms with Gasteiger partial charge in [-0.2, -0.15) is 0 Å². The predicted octanol–water partition coefficient (Wildman–Crippen LogP) is 4.01. The maximum Gasteiger partial charge on any atom is 0.254 e. The SMILES string of the molecule is CC(C)c1cccc(C(=O)N2CCc3ccccc3C2)c1. The zero-order valence-electron chi connectivity index (χ0n) is 12.7. The van der Waals surface area contributed by atoms with Crippen molar-refractivity contribution >= 4 is 5.91 Å². The summed E-state index contributed by atoms with van der Waals surface area (Å²) in [4.78, 5) is 14.7. The minimum atomic E-state index is 0.145. The lowest BCUT2D eigenvalue weighted by Gasteiger charge is -2.29. The summed E-state index contributed by atoms with van der Waals surface area (Å²) < 4.78 is 0. The van der Waals surface area contributed by atoms with Crippen LogP contribution in [0.2, 0.25) is 0 Å². The van der Waals surface area contributed by atoms with Crippen LogP contribution < -0.4 is 0 Å². The summed E-state index contributed by atoms with van der Waals surface area (Å²) in [7, 11) is 0. The second-order valence-electron chi connectivity index (χ2n) is 6.03. The van der Waals surface area contributed by atoms with Crippen molar-refractivity contribution in [1.82, 2.24) is 4.90 Å². The maximum atomic E-state index is 12.7. The minimum Gasteiger partial charge on any atom is -0.334 e. The molecule has 2 nitrogen and oxygen atoms in total. The summed E-state index contributed by atoms with van der Waals surface area (Å²) in [5, 5.41) is 0. The van der Waals surface area contributed by atoms with Crippen LogP contribution in [-0.2, 0) is 13.0 Å². The van der Waals surface area contributed by atoms with Gasteiger partial charge in [-0.3, -0.25) is 4.79 Å². The number of fused-ring (bicyclic) bond motifs is 1. The van der Waals surface area contributed by atoms with E-state index in [0.717, 1.165) is 25.1 Å². The van der Waals surface area contributed by atoms with Crippen LogP contribution in [0.3, 0.4) is 0 Å². The number of hydrogen-bond acceptors (Lipinski definition) is 1. The molecule has 1 aliphatic rings. The molecule has 0 unspecified atom stereocenters. The van der Waals surface area contributed by atoms with Gasteiger partial charge in [-0.25, -0.2) is 0 Å². The van der Waals surface area contributed by atoms with E-state index in [1.54, 1.807) is 0 Å². The molecular formula is C19H21NO. The van der Waals surface area contributed by atoms with Crippen LogP contribution in [0.1, 0.15) is 46.8 Å². The Kier molecular flexibility index (Phi) is 3.78. The van der Waals surface area contributed by atoms with Gasteiger partial charge in [0, 0.05) is 18.7 Å². The highest BCUT2D eigenvalue weighted by molar-refractivity contribution is 5.94. The minimum absolute atomic E-state index is 0.145. The lowest BCUT2D eigenvalue weighted by atomic mass is 9.98. The normalized spacial score (nSPS) is 14.1. The molecule has 2 aromatic rings. The molecule has 2 aromatic carbocycles. The van der Waals surface area contributed by atoms with E-state index in [1.165, 1.54) is 16.7 Å². The molecule has 0 N–H and O–H groups in total. The second-order valence-corrected chi connectivity index (χ2v) is 6.03. The van der Waals surface area contributed by atoms with Crippen molar-refractivity contribution in [2.45, 2.75) is 32.7 Å². The number of carbonyl (C=O) groups is 1. The average molecular weight is 279 g/mol. The van der Waals surface area contributed by atoms with Crippen molar-refractivity contribution in [3.63, 3.8) is 0 Å². The third-order valence-electron chi connectivity index (χ3n) is 4.22. The van der Waals surface area contributed by atoms with Crippen molar-refractivity contribution in [3.8, 4) is 0 Å². The Hall–Kier alpha value is -2.09. The van der Waals surface area contributed by atoms with E-state index in [-0.39, 0.29) is 5.91 Å². The largest absolute Gasteiger partial charge is 0.334 e. The topological polar surface area (TPSA) is 20.3 Å². The molecule has 0 aliphatic carbocycles. The zero-order chi connectivity index (χ0) is 14.8. The molecule has 1 amide bonds. The molecule has 0 aromatic heterocycles. The molecule has 0 fully saturated rings. The Labute approximate surface area is 126 Å². The fourth-order valence-corrected chi connectivity index (χ4v) is 2.88. The molecule has 2 heteroatoms. The first kappa shape index (κ1) is 13.9. The molecule has 0 radical (unpaired) electrons. The molecule has 0 spiro atoms. The van der Waals surface area contributed by atoms with E-state index in [4.69, 9.17) is 0 Å². The molecule has 1 aliphatic heterocycles. The van der Waals surface area contributed by atoms with Gasteiger partial charge >= 0.3 is 0 Å². The van der Waals surface area contributed by atoms with Crippen molar-refractivity contribution in [1.29, 1.82) is 0 Å². The fraction of sp³-hybridized carbons (Fsp3) is 0.316. The van der Waals surface area contributed by atoms with Crippen molar-refractivity contribution in [2.24, 2.45) is 0 Å². The molecule has 21 heavy (non-hydrogen) atoms. The molecule has 0 saturated carbocycles. The molecule has 108 valence electrons. The third-order valence-corrected chi connectivity index (χ3v) is 4.22. The highest BCUT2D eigenvalue weighted by Gasteiger charge is 2.21. The first-order valence-corrected chi connectivity index (χ1v) is 7.61. The van der Waals surface area contributed by atoms with Crippen LogP contribution in [0.4, 0.5) is 0 Å². The van der Waals surface area contributed by atoms with Gasteiger partial charge in [0.1, 0.15) is 0 Å². The van der Waals surface area contributed by atoms with Gasteiger partial charge in [-0.05, 0) is 41.2 Å². The van der Waals surface area contributed by atoms with Crippen molar-refractivity contribution < 1.29 is 4.79 Å². The van der Waals surface area contributed by atoms with Gasteiger partial charge in [0.2, 0.25) is 0 Å². The van der Waals surface area contributed by atoms with Crippen LogP contribution in [0, 0.1) is 0 Å². The summed E-state index contributed by atoms with van der Waals surface area (Å²) in [6, 6.07) is 16.4. The van der Waals surface area contributed by atoms with Gasteiger partial charge in [0.15, 0.2) is 0 Å². The Morgan fingerprint density at radius 3 is 2.57 bits per heavy atom. The highest BCUT2D eigenvalue weighted by Crippen LogP contribution is 2.22. The standard InChI is InChI=1S/C19H21NO/c1-14(2)16-8-5-9-17(12-16)19(21)20-11-10-15-6-3-4-7-18(15)13-20/h3-9,12,14H,10-11,13H2,1-2H3. The summed E-state index contributed by atoms with van der Waals surface area (Å²) in [6.07, 6.45) is 0.950.